The molecule has 0 aromatic heterocycles. The number of hydrogen-bond donors (Lipinski definition) is 1. The summed E-state index contributed by atoms with van der Waals surface area (Å²) < 4.78 is 10.8. The molecule has 1 aromatic carbocycles. The zero-order chi connectivity index (χ0) is 16.8. The number of urea groups is 1. The lowest BCUT2D eigenvalue weighted by Gasteiger charge is -2.36. The molecule has 6 nitrogen and oxygen atoms in total. The fraction of sp³-hybridized carbons (Fsp3) is 0.529. The SMILES string of the molecule is COC[C@@H]1CN(C(=O)NCc2cccc(C(C)=O)c2)C[C@@H](C)O1. The van der Waals surface area contributed by atoms with Gasteiger partial charge in [0.15, 0.2) is 5.78 Å². The van der Waals surface area contributed by atoms with E-state index in [4.69, 9.17) is 9.47 Å². The molecule has 6 heteroatoms. The first-order valence-electron chi connectivity index (χ1n) is 7.76. The van der Waals surface area contributed by atoms with Crippen LogP contribution in [0.4, 0.5) is 4.79 Å². The first-order chi connectivity index (χ1) is 11.0. The maximum atomic E-state index is 12.3. The highest BCUT2D eigenvalue weighted by atomic mass is 16.5. The molecule has 126 valence electrons. The van der Waals surface area contributed by atoms with Crippen molar-refractivity contribution in [1.82, 2.24) is 10.2 Å². The molecule has 0 saturated carbocycles. The molecule has 2 rings (SSSR count). The molecule has 1 aliphatic rings. The van der Waals surface area contributed by atoms with Crippen LogP contribution >= 0.6 is 0 Å². The van der Waals surface area contributed by atoms with Crippen molar-refractivity contribution in [1.29, 1.82) is 0 Å². The van der Waals surface area contributed by atoms with Crippen LogP contribution in [0.5, 0.6) is 0 Å². The van der Waals surface area contributed by atoms with E-state index in [1.807, 2.05) is 19.1 Å². The van der Waals surface area contributed by atoms with Gasteiger partial charge in [0.2, 0.25) is 0 Å². The Balaban J connectivity index is 1.91. The highest BCUT2D eigenvalue weighted by molar-refractivity contribution is 5.94. The van der Waals surface area contributed by atoms with Gasteiger partial charge in [0.25, 0.3) is 0 Å². The largest absolute Gasteiger partial charge is 0.382 e. The molecule has 0 spiro atoms. The number of morpholine rings is 1. The Kier molecular flexibility index (Phi) is 6.12. The van der Waals surface area contributed by atoms with E-state index in [1.165, 1.54) is 6.92 Å². The Hall–Kier alpha value is -1.92. The van der Waals surface area contributed by atoms with Crippen molar-refractivity contribution in [3.63, 3.8) is 0 Å². The minimum atomic E-state index is -0.130. The summed E-state index contributed by atoms with van der Waals surface area (Å²) in [6.07, 6.45) is -0.119. The molecule has 2 amide bonds. The third kappa shape index (κ3) is 5.04. The van der Waals surface area contributed by atoms with Crippen LogP contribution in [0.2, 0.25) is 0 Å². The summed E-state index contributed by atoms with van der Waals surface area (Å²) in [4.78, 5) is 25.5. The number of ketones is 1. The van der Waals surface area contributed by atoms with Gasteiger partial charge in [-0.3, -0.25) is 4.79 Å². The highest BCUT2D eigenvalue weighted by Gasteiger charge is 2.28. The zero-order valence-corrected chi connectivity index (χ0v) is 13.9. The Morgan fingerprint density at radius 3 is 2.87 bits per heavy atom. The third-order valence-electron chi connectivity index (χ3n) is 3.74. The maximum Gasteiger partial charge on any atom is 0.317 e. The third-order valence-corrected chi connectivity index (χ3v) is 3.74. The van der Waals surface area contributed by atoms with E-state index in [0.717, 1.165) is 5.56 Å². The van der Waals surface area contributed by atoms with Crippen LogP contribution in [0.25, 0.3) is 0 Å². The highest BCUT2D eigenvalue weighted by Crippen LogP contribution is 2.12. The fourth-order valence-electron chi connectivity index (χ4n) is 2.68. The van der Waals surface area contributed by atoms with Crippen molar-refractivity contribution < 1.29 is 19.1 Å². The molecule has 1 aliphatic heterocycles. The van der Waals surface area contributed by atoms with Crippen molar-refractivity contribution in [3.8, 4) is 0 Å². The standard InChI is InChI=1S/C17H24N2O4/c1-12-9-19(10-16(23-12)11-22-3)17(21)18-8-14-5-4-6-15(7-14)13(2)20/h4-7,12,16H,8-11H2,1-3H3,(H,18,21)/t12-,16+/m1/s1. The topological polar surface area (TPSA) is 67.9 Å². The first kappa shape index (κ1) is 17.4. The number of amides is 2. The van der Waals surface area contributed by atoms with E-state index < -0.39 is 0 Å². The number of rotatable bonds is 5. The molecule has 1 saturated heterocycles. The Morgan fingerprint density at radius 2 is 2.17 bits per heavy atom. The Labute approximate surface area is 136 Å². The van der Waals surface area contributed by atoms with Crippen LogP contribution in [0.15, 0.2) is 24.3 Å². The van der Waals surface area contributed by atoms with E-state index >= 15 is 0 Å². The minimum Gasteiger partial charge on any atom is -0.382 e. The zero-order valence-electron chi connectivity index (χ0n) is 13.9. The molecule has 23 heavy (non-hydrogen) atoms. The molecular weight excluding hydrogens is 296 g/mol. The molecular formula is C17H24N2O4. The molecule has 0 aliphatic carbocycles. The smallest absolute Gasteiger partial charge is 0.317 e. The number of carbonyl (C=O) groups is 2. The van der Waals surface area contributed by atoms with Crippen molar-refractivity contribution in [2.45, 2.75) is 32.6 Å². The van der Waals surface area contributed by atoms with E-state index in [2.05, 4.69) is 5.32 Å². The summed E-state index contributed by atoms with van der Waals surface area (Å²) in [5.41, 5.74) is 1.55. The van der Waals surface area contributed by atoms with Gasteiger partial charge >= 0.3 is 6.03 Å². The predicted octanol–water partition coefficient (Wildman–Crippen LogP) is 1.83. The second kappa shape index (κ2) is 8.08. The number of carbonyl (C=O) groups excluding carboxylic acids is 2. The van der Waals surface area contributed by atoms with E-state index in [0.29, 0.717) is 31.8 Å². The van der Waals surface area contributed by atoms with Gasteiger partial charge in [-0.25, -0.2) is 4.79 Å². The summed E-state index contributed by atoms with van der Waals surface area (Å²) in [5, 5.41) is 2.90. The average Bonchev–Trinajstić information content (AvgIpc) is 2.52. The maximum absolute atomic E-state index is 12.3. The van der Waals surface area contributed by atoms with Crippen molar-refractivity contribution in [2.24, 2.45) is 0 Å². The molecule has 0 bridgehead atoms. The van der Waals surface area contributed by atoms with Gasteiger partial charge in [-0.05, 0) is 25.5 Å². The van der Waals surface area contributed by atoms with Crippen LogP contribution in [0.1, 0.15) is 29.8 Å². The van der Waals surface area contributed by atoms with Crippen LogP contribution in [0.3, 0.4) is 0 Å². The molecule has 1 heterocycles. The Bertz CT molecular complexity index is 561. The van der Waals surface area contributed by atoms with Gasteiger partial charge in [-0.2, -0.15) is 0 Å². The second-order valence-corrected chi connectivity index (χ2v) is 5.84. The lowest BCUT2D eigenvalue weighted by atomic mass is 10.1. The quantitative estimate of drug-likeness (QED) is 0.841. The summed E-state index contributed by atoms with van der Waals surface area (Å²) >= 11 is 0. The fourth-order valence-corrected chi connectivity index (χ4v) is 2.68. The monoisotopic (exact) mass is 320 g/mol. The molecule has 2 atom stereocenters. The van der Waals surface area contributed by atoms with Gasteiger partial charge in [-0.15, -0.1) is 0 Å². The first-order valence-corrected chi connectivity index (χ1v) is 7.76. The van der Waals surface area contributed by atoms with Gasteiger partial charge in [-0.1, -0.05) is 18.2 Å². The van der Waals surface area contributed by atoms with E-state index in [9.17, 15) is 9.59 Å². The number of ether oxygens (including phenoxy) is 2. The summed E-state index contributed by atoms with van der Waals surface area (Å²) in [7, 11) is 1.62. The van der Waals surface area contributed by atoms with Crippen LogP contribution in [0, 0.1) is 0 Å². The predicted molar refractivity (Wildman–Crippen MR) is 86.5 cm³/mol. The molecule has 1 fully saturated rings. The number of nitrogens with zero attached hydrogens (tertiary/aromatic N) is 1. The number of methoxy groups -OCH3 is 1. The van der Waals surface area contributed by atoms with Gasteiger partial charge in [0.05, 0.1) is 25.4 Å². The minimum absolute atomic E-state index is 0.0163. The van der Waals surface area contributed by atoms with Crippen LogP contribution in [-0.4, -0.2) is 55.7 Å². The molecule has 0 unspecified atom stereocenters. The number of hydrogen-bond acceptors (Lipinski definition) is 4. The van der Waals surface area contributed by atoms with E-state index in [-0.39, 0.29) is 24.0 Å². The van der Waals surface area contributed by atoms with Crippen LogP contribution in [-0.2, 0) is 16.0 Å². The summed E-state index contributed by atoms with van der Waals surface area (Å²) in [6.45, 7) is 5.40. The number of Topliss-reactive ketones (excluding diaryl/α,β-unsaturated/α-hetero) is 1. The van der Waals surface area contributed by atoms with Crippen LogP contribution < -0.4 is 5.32 Å². The summed E-state index contributed by atoms with van der Waals surface area (Å²) in [6, 6.07) is 7.16. The average molecular weight is 320 g/mol. The normalized spacial score (nSPS) is 21.1. The molecule has 1 aromatic rings. The van der Waals surface area contributed by atoms with Crippen molar-refractivity contribution in [2.75, 3.05) is 26.8 Å². The number of benzene rings is 1. The lowest BCUT2D eigenvalue weighted by molar-refractivity contribution is -0.0897. The Morgan fingerprint density at radius 1 is 1.39 bits per heavy atom. The van der Waals surface area contributed by atoms with Gasteiger partial charge < -0.3 is 19.7 Å². The van der Waals surface area contributed by atoms with Gasteiger partial charge in [0.1, 0.15) is 0 Å². The molecule has 0 radical (unpaired) electrons. The van der Waals surface area contributed by atoms with Gasteiger partial charge in [0, 0.05) is 25.8 Å². The second-order valence-electron chi connectivity index (χ2n) is 5.84. The lowest BCUT2D eigenvalue weighted by Crippen LogP contribution is -2.53. The van der Waals surface area contributed by atoms with E-state index in [1.54, 1.807) is 24.1 Å². The number of nitrogens with one attached hydrogen (secondary N) is 1. The summed E-state index contributed by atoms with van der Waals surface area (Å²) in [5.74, 6) is 0.0163. The van der Waals surface area contributed by atoms with Crippen molar-refractivity contribution in [3.05, 3.63) is 35.4 Å². The van der Waals surface area contributed by atoms with Crippen molar-refractivity contribution >= 4 is 11.8 Å². The molecule has 1 N–H and O–H groups in total.